The number of halogens is 4. The zero-order chi connectivity index (χ0) is 14.1. The molecule has 1 unspecified atom stereocenters. The number of alkyl halides is 1. The van der Waals surface area contributed by atoms with Crippen LogP contribution in [-0.4, -0.2) is 16.8 Å². The van der Waals surface area contributed by atoms with Crippen molar-refractivity contribution in [2.45, 2.75) is 31.7 Å². The first-order valence-corrected chi connectivity index (χ1v) is 5.70. The standard InChI is InChI=1S/C12H13ClF3NO/c1-6(13)12(2,3)17-11(18)7-4-8(14)10(16)9(15)5-7/h4-6H,1-3H3,(H,17,18). The van der Waals surface area contributed by atoms with Crippen molar-refractivity contribution in [1.82, 2.24) is 5.32 Å². The lowest BCUT2D eigenvalue weighted by Crippen LogP contribution is -2.49. The number of nitrogens with one attached hydrogen (secondary N) is 1. The van der Waals surface area contributed by atoms with E-state index in [0.29, 0.717) is 12.1 Å². The van der Waals surface area contributed by atoms with Gasteiger partial charge in [0, 0.05) is 5.56 Å². The maximum Gasteiger partial charge on any atom is 0.251 e. The Morgan fingerprint density at radius 2 is 1.72 bits per heavy atom. The lowest BCUT2D eigenvalue weighted by molar-refractivity contribution is 0.0911. The Balaban J connectivity index is 2.99. The molecule has 0 heterocycles. The van der Waals surface area contributed by atoms with E-state index in [1.54, 1.807) is 20.8 Å². The first kappa shape index (κ1) is 14.8. The largest absolute Gasteiger partial charge is 0.346 e. The first-order valence-electron chi connectivity index (χ1n) is 5.26. The summed E-state index contributed by atoms with van der Waals surface area (Å²) in [5.74, 6) is -5.13. The zero-order valence-corrected chi connectivity index (χ0v) is 10.9. The minimum absolute atomic E-state index is 0.295. The lowest BCUT2D eigenvalue weighted by Gasteiger charge is -2.29. The van der Waals surface area contributed by atoms with Crippen LogP contribution in [0.3, 0.4) is 0 Å². The molecule has 18 heavy (non-hydrogen) atoms. The molecule has 0 aliphatic rings. The van der Waals surface area contributed by atoms with E-state index >= 15 is 0 Å². The molecule has 0 aliphatic carbocycles. The summed E-state index contributed by atoms with van der Waals surface area (Å²) in [7, 11) is 0. The SMILES string of the molecule is CC(Cl)C(C)(C)NC(=O)c1cc(F)c(F)c(F)c1. The predicted molar refractivity (Wildman–Crippen MR) is 63.2 cm³/mol. The van der Waals surface area contributed by atoms with Gasteiger partial charge in [-0.1, -0.05) is 0 Å². The molecule has 0 radical (unpaired) electrons. The Bertz CT molecular complexity index is 451. The Kier molecular flexibility index (Phi) is 4.27. The van der Waals surface area contributed by atoms with Crippen molar-refractivity contribution in [2.24, 2.45) is 0 Å². The maximum atomic E-state index is 13.0. The molecular formula is C12H13ClF3NO. The number of rotatable bonds is 3. The smallest absolute Gasteiger partial charge is 0.251 e. The molecule has 1 atom stereocenters. The summed E-state index contributed by atoms with van der Waals surface area (Å²) in [6, 6.07) is 1.28. The van der Waals surface area contributed by atoms with Crippen molar-refractivity contribution in [3.8, 4) is 0 Å². The van der Waals surface area contributed by atoms with Crippen LogP contribution in [0.2, 0.25) is 0 Å². The Hall–Kier alpha value is -1.23. The van der Waals surface area contributed by atoms with Crippen LogP contribution < -0.4 is 5.32 Å². The predicted octanol–water partition coefficient (Wildman–Crippen LogP) is 3.24. The van der Waals surface area contributed by atoms with Gasteiger partial charge in [0.05, 0.1) is 10.9 Å². The molecule has 100 valence electrons. The van der Waals surface area contributed by atoms with Crippen LogP contribution in [0.5, 0.6) is 0 Å². The van der Waals surface area contributed by atoms with Gasteiger partial charge in [-0.05, 0) is 32.9 Å². The van der Waals surface area contributed by atoms with Crippen molar-refractivity contribution < 1.29 is 18.0 Å². The second-order valence-electron chi connectivity index (χ2n) is 4.55. The number of hydrogen-bond donors (Lipinski definition) is 1. The molecule has 0 bridgehead atoms. The summed E-state index contributed by atoms with van der Waals surface area (Å²) in [6.07, 6.45) is 0. The summed E-state index contributed by atoms with van der Waals surface area (Å²) < 4.78 is 38.7. The number of amides is 1. The molecule has 2 nitrogen and oxygen atoms in total. The third kappa shape index (κ3) is 3.16. The second-order valence-corrected chi connectivity index (χ2v) is 5.20. The summed E-state index contributed by atoms with van der Waals surface area (Å²) in [5, 5.41) is 2.13. The van der Waals surface area contributed by atoms with Gasteiger partial charge >= 0.3 is 0 Å². The number of benzene rings is 1. The topological polar surface area (TPSA) is 29.1 Å². The van der Waals surface area contributed by atoms with Crippen LogP contribution in [0.15, 0.2) is 12.1 Å². The summed E-state index contributed by atoms with van der Waals surface area (Å²) >= 11 is 5.87. The molecule has 0 saturated heterocycles. The van der Waals surface area contributed by atoms with Gasteiger partial charge in [0.15, 0.2) is 17.5 Å². The molecule has 0 saturated carbocycles. The fraction of sp³-hybridized carbons (Fsp3) is 0.417. The maximum absolute atomic E-state index is 13.0. The number of carbonyl (C=O) groups excluding carboxylic acids is 1. The van der Waals surface area contributed by atoms with Crippen LogP contribution in [0.25, 0.3) is 0 Å². The van der Waals surface area contributed by atoms with Gasteiger partial charge in [-0.3, -0.25) is 4.79 Å². The Morgan fingerprint density at radius 3 is 2.11 bits per heavy atom. The number of hydrogen-bond acceptors (Lipinski definition) is 1. The highest BCUT2D eigenvalue weighted by atomic mass is 35.5. The van der Waals surface area contributed by atoms with E-state index in [1.165, 1.54) is 0 Å². The van der Waals surface area contributed by atoms with Gasteiger partial charge in [0.25, 0.3) is 5.91 Å². The molecule has 0 spiro atoms. The monoisotopic (exact) mass is 279 g/mol. The van der Waals surface area contributed by atoms with Crippen LogP contribution in [0, 0.1) is 17.5 Å². The van der Waals surface area contributed by atoms with Crippen molar-refractivity contribution >= 4 is 17.5 Å². The van der Waals surface area contributed by atoms with Crippen molar-refractivity contribution in [2.75, 3.05) is 0 Å². The quantitative estimate of drug-likeness (QED) is 0.668. The van der Waals surface area contributed by atoms with Crippen LogP contribution >= 0.6 is 11.6 Å². The molecule has 1 aromatic rings. The van der Waals surface area contributed by atoms with Gasteiger partial charge in [0.2, 0.25) is 0 Å². The van der Waals surface area contributed by atoms with E-state index in [2.05, 4.69) is 5.32 Å². The highest BCUT2D eigenvalue weighted by molar-refractivity contribution is 6.21. The fourth-order valence-corrected chi connectivity index (χ4v) is 1.21. The average Bonchev–Trinajstić information content (AvgIpc) is 2.24. The van der Waals surface area contributed by atoms with Gasteiger partial charge in [-0.2, -0.15) is 0 Å². The average molecular weight is 280 g/mol. The summed E-state index contributed by atoms with van der Waals surface area (Å²) in [6.45, 7) is 5.01. The van der Waals surface area contributed by atoms with Crippen LogP contribution in [0.1, 0.15) is 31.1 Å². The van der Waals surface area contributed by atoms with E-state index in [4.69, 9.17) is 11.6 Å². The van der Waals surface area contributed by atoms with E-state index in [9.17, 15) is 18.0 Å². The minimum atomic E-state index is -1.60. The molecule has 1 rings (SSSR count). The molecule has 0 aliphatic heterocycles. The molecule has 0 fully saturated rings. The summed E-state index contributed by atoms with van der Waals surface area (Å²) in [4.78, 5) is 11.8. The van der Waals surface area contributed by atoms with Crippen molar-refractivity contribution in [3.05, 3.63) is 35.1 Å². The molecule has 0 aromatic heterocycles. The zero-order valence-electron chi connectivity index (χ0n) is 10.2. The normalized spacial score (nSPS) is 13.3. The van der Waals surface area contributed by atoms with Crippen LogP contribution in [-0.2, 0) is 0 Å². The molecule has 1 amide bonds. The molecule has 1 aromatic carbocycles. The molecule has 6 heteroatoms. The minimum Gasteiger partial charge on any atom is -0.346 e. The Labute approximate surface area is 108 Å². The van der Waals surface area contributed by atoms with E-state index < -0.39 is 34.3 Å². The van der Waals surface area contributed by atoms with Crippen molar-refractivity contribution in [1.29, 1.82) is 0 Å². The Morgan fingerprint density at radius 1 is 1.28 bits per heavy atom. The summed E-state index contributed by atoms with van der Waals surface area (Å²) in [5.41, 5.74) is -1.06. The van der Waals surface area contributed by atoms with Crippen molar-refractivity contribution in [3.63, 3.8) is 0 Å². The van der Waals surface area contributed by atoms with Gasteiger partial charge < -0.3 is 5.32 Å². The van der Waals surface area contributed by atoms with Gasteiger partial charge in [-0.25, -0.2) is 13.2 Å². The van der Waals surface area contributed by atoms with E-state index in [0.717, 1.165) is 0 Å². The molecular weight excluding hydrogens is 267 g/mol. The molecule has 1 N–H and O–H groups in total. The highest BCUT2D eigenvalue weighted by Gasteiger charge is 2.27. The van der Waals surface area contributed by atoms with Gasteiger partial charge in [-0.15, -0.1) is 11.6 Å². The third-order valence-corrected chi connectivity index (χ3v) is 3.22. The highest BCUT2D eigenvalue weighted by Crippen LogP contribution is 2.17. The second kappa shape index (κ2) is 5.18. The van der Waals surface area contributed by atoms with Crippen LogP contribution in [0.4, 0.5) is 13.2 Å². The van der Waals surface area contributed by atoms with E-state index in [1.807, 2.05) is 0 Å². The fourth-order valence-electron chi connectivity index (χ4n) is 1.15. The van der Waals surface area contributed by atoms with E-state index in [-0.39, 0.29) is 5.56 Å². The number of carbonyl (C=O) groups is 1. The van der Waals surface area contributed by atoms with Gasteiger partial charge in [0.1, 0.15) is 0 Å². The third-order valence-electron chi connectivity index (χ3n) is 2.68. The first-order chi connectivity index (χ1) is 8.15. The lowest BCUT2D eigenvalue weighted by atomic mass is 10.0.